The molecule has 1 N–H and O–H groups in total. The molecule has 0 spiro atoms. The van der Waals surface area contributed by atoms with Crippen LogP contribution in [0.15, 0.2) is 0 Å². The van der Waals surface area contributed by atoms with E-state index in [2.05, 4.69) is 32.6 Å². The van der Waals surface area contributed by atoms with Gasteiger partial charge < -0.3 is 14.6 Å². The number of aliphatic carboxylic acids is 1. The molecule has 0 aromatic heterocycles. The average Bonchev–Trinajstić information content (AvgIpc) is 2.60. The zero-order valence-corrected chi connectivity index (χ0v) is 12.3. The van der Waals surface area contributed by atoms with Gasteiger partial charge in [0.05, 0.1) is 17.3 Å². The molecular formula is C14H25NO4. The summed E-state index contributed by atoms with van der Waals surface area (Å²) >= 11 is 0. The van der Waals surface area contributed by atoms with Gasteiger partial charge in [-0.25, -0.2) is 4.79 Å². The first-order valence-electron chi connectivity index (χ1n) is 6.98. The summed E-state index contributed by atoms with van der Waals surface area (Å²) in [5, 5.41) is 8.94. The number of hydrogen-bond acceptors (Lipinski definition) is 4. The van der Waals surface area contributed by atoms with Gasteiger partial charge in [0.1, 0.15) is 0 Å². The van der Waals surface area contributed by atoms with Gasteiger partial charge in [-0.1, -0.05) is 0 Å². The Morgan fingerprint density at radius 3 is 2.26 bits per heavy atom. The molecule has 2 fully saturated rings. The average molecular weight is 271 g/mol. The van der Waals surface area contributed by atoms with Crippen molar-refractivity contribution >= 4 is 5.97 Å². The lowest BCUT2D eigenvalue weighted by Gasteiger charge is -2.47. The molecule has 0 bridgehead atoms. The minimum Gasteiger partial charge on any atom is -0.479 e. The second kappa shape index (κ2) is 5.04. The highest BCUT2D eigenvalue weighted by Gasteiger charge is 2.40. The molecule has 0 saturated carbocycles. The number of ether oxygens (including phenoxy) is 2. The molecule has 0 aliphatic carbocycles. The van der Waals surface area contributed by atoms with Crippen LogP contribution in [-0.2, 0) is 14.3 Å². The Hall–Kier alpha value is -0.650. The van der Waals surface area contributed by atoms with Crippen LogP contribution in [0.2, 0.25) is 0 Å². The van der Waals surface area contributed by atoms with E-state index in [-0.39, 0.29) is 17.3 Å². The van der Waals surface area contributed by atoms with Crippen molar-refractivity contribution in [1.29, 1.82) is 0 Å². The first-order valence-corrected chi connectivity index (χ1v) is 6.98. The Morgan fingerprint density at radius 2 is 1.79 bits per heavy atom. The van der Waals surface area contributed by atoms with Gasteiger partial charge in [-0.05, 0) is 40.5 Å². The Kier molecular flexibility index (Phi) is 3.91. The van der Waals surface area contributed by atoms with Crippen LogP contribution in [0.3, 0.4) is 0 Å². The third-order valence-corrected chi connectivity index (χ3v) is 3.61. The molecule has 0 radical (unpaired) electrons. The van der Waals surface area contributed by atoms with Crippen molar-refractivity contribution in [2.24, 2.45) is 0 Å². The SMILES string of the molecule is CC1(C)CN(C[C@@H]2CC[C@H](C(=O)O)O2)CC(C)(C)O1. The van der Waals surface area contributed by atoms with Gasteiger partial charge in [0.2, 0.25) is 0 Å². The van der Waals surface area contributed by atoms with Crippen molar-refractivity contribution in [2.75, 3.05) is 19.6 Å². The Morgan fingerprint density at radius 1 is 1.21 bits per heavy atom. The molecule has 2 rings (SSSR count). The van der Waals surface area contributed by atoms with Gasteiger partial charge in [-0.2, -0.15) is 0 Å². The number of carboxylic acids is 1. The standard InChI is InChI=1S/C14H25NO4/c1-13(2)8-15(9-14(3,4)19-13)7-10-5-6-11(18-10)12(16)17/h10-11H,5-9H2,1-4H3,(H,16,17)/t10-,11+/m0/s1. The fourth-order valence-corrected chi connectivity index (χ4v) is 3.38. The Bertz CT molecular complexity index is 337. The summed E-state index contributed by atoms with van der Waals surface area (Å²) in [6.45, 7) is 10.9. The van der Waals surface area contributed by atoms with E-state index in [1.807, 2.05) is 0 Å². The third-order valence-electron chi connectivity index (χ3n) is 3.61. The molecule has 2 aliphatic rings. The summed E-state index contributed by atoms with van der Waals surface area (Å²) in [6.07, 6.45) is 0.865. The first-order chi connectivity index (χ1) is 8.67. The largest absolute Gasteiger partial charge is 0.479 e. The lowest BCUT2D eigenvalue weighted by atomic mass is 9.98. The number of carbonyl (C=O) groups is 1. The van der Waals surface area contributed by atoms with Crippen molar-refractivity contribution in [3.05, 3.63) is 0 Å². The third kappa shape index (κ3) is 3.91. The topological polar surface area (TPSA) is 59.0 Å². The minimum absolute atomic E-state index is 0.0331. The van der Waals surface area contributed by atoms with Crippen LogP contribution >= 0.6 is 0 Å². The second-order valence-corrected chi connectivity index (χ2v) is 6.95. The fourth-order valence-electron chi connectivity index (χ4n) is 3.38. The van der Waals surface area contributed by atoms with Crippen LogP contribution in [-0.4, -0.2) is 59.0 Å². The van der Waals surface area contributed by atoms with E-state index in [4.69, 9.17) is 14.6 Å². The van der Waals surface area contributed by atoms with Crippen molar-refractivity contribution < 1.29 is 19.4 Å². The van der Waals surface area contributed by atoms with E-state index in [0.717, 1.165) is 26.1 Å². The summed E-state index contributed by atoms with van der Waals surface area (Å²) in [6, 6.07) is 0. The van der Waals surface area contributed by atoms with Crippen molar-refractivity contribution in [3.63, 3.8) is 0 Å². The van der Waals surface area contributed by atoms with Crippen LogP contribution in [0.5, 0.6) is 0 Å². The molecule has 2 atom stereocenters. The molecule has 2 heterocycles. The normalized spacial score (nSPS) is 34.3. The predicted molar refractivity (Wildman–Crippen MR) is 71.2 cm³/mol. The number of nitrogens with zero attached hydrogens (tertiary/aromatic N) is 1. The summed E-state index contributed by atoms with van der Waals surface area (Å²) in [5.74, 6) is -0.842. The van der Waals surface area contributed by atoms with E-state index in [9.17, 15) is 4.79 Å². The molecule has 2 aliphatic heterocycles. The molecule has 110 valence electrons. The maximum Gasteiger partial charge on any atom is 0.332 e. The van der Waals surface area contributed by atoms with Gasteiger partial charge in [-0.15, -0.1) is 0 Å². The molecular weight excluding hydrogens is 246 g/mol. The summed E-state index contributed by atoms with van der Waals surface area (Å²) in [4.78, 5) is 13.2. The van der Waals surface area contributed by atoms with Crippen LogP contribution in [0.25, 0.3) is 0 Å². The highest BCUT2D eigenvalue weighted by atomic mass is 16.5. The molecule has 5 nitrogen and oxygen atoms in total. The van der Waals surface area contributed by atoms with Gasteiger partial charge in [0.25, 0.3) is 0 Å². The number of hydrogen-bond donors (Lipinski definition) is 1. The number of morpholine rings is 1. The summed E-state index contributed by atoms with van der Waals surface area (Å²) in [5.41, 5.74) is -0.348. The second-order valence-electron chi connectivity index (χ2n) is 6.95. The molecule has 19 heavy (non-hydrogen) atoms. The lowest BCUT2D eigenvalue weighted by Crippen LogP contribution is -2.58. The molecule has 5 heteroatoms. The van der Waals surface area contributed by atoms with E-state index in [0.29, 0.717) is 6.42 Å². The highest BCUT2D eigenvalue weighted by molar-refractivity contribution is 5.72. The van der Waals surface area contributed by atoms with Gasteiger partial charge in [0, 0.05) is 19.6 Å². The number of rotatable bonds is 3. The molecule has 0 unspecified atom stereocenters. The smallest absolute Gasteiger partial charge is 0.332 e. The van der Waals surface area contributed by atoms with Crippen LogP contribution < -0.4 is 0 Å². The van der Waals surface area contributed by atoms with Gasteiger partial charge >= 0.3 is 5.97 Å². The Labute approximate surface area is 114 Å². The van der Waals surface area contributed by atoms with Crippen molar-refractivity contribution in [3.8, 4) is 0 Å². The van der Waals surface area contributed by atoms with Crippen LogP contribution in [0.4, 0.5) is 0 Å². The van der Waals surface area contributed by atoms with Gasteiger partial charge in [0.15, 0.2) is 6.10 Å². The first kappa shape index (κ1) is 14.8. The van der Waals surface area contributed by atoms with E-state index in [1.54, 1.807) is 0 Å². The predicted octanol–water partition coefficient (Wildman–Crippen LogP) is 1.51. The monoisotopic (exact) mass is 271 g/mol. The van der Waals surface area contributed by atoms with E-state index >= 15 is 0 Å². The fraction of sp³-hybridized carbons (Fsp3) is 0.929. The molecule has 0 aromatic rings. The van der Waals surface area contributed by atoms with Crippen LogP contribution in [0, 0.1) is 0 Å². The molecule has 0 amide bonds. The number of carboxylic acid groups (broad SMARTS) is 1. The van der Waals surface area contributed by atoms with E-state index in [1.165, 1.54) is 0 Å². The maximum atomic E-state index is 10.9. The van der Waals surface area contributed by atoms with Crippen molar-refractivity contribution in [2.45, 2.75) is 63.9 Å². The summed E-state index contributed by atoms with van der Waals surface area (Å²) in [7, 11) is 0. The highest BCUT2D eigenvalue weighted by Crippen LogP contribution is 2.29. The maximum absolute atomic E-state index is 10.9. The zero-order valence-electron chi connectivity index (χ0n) is 12.3. The quantitative estimate of drug-likeness (QED) is 0.843. The Balaban J connectivity index is 1.91. The molecule has 0 aromatic carbocycles. The summed E-state index contributed by atoms with van der Waals surface area (Å²) < 4.78 is 11.6. The van der Waals surface area contributed by atoms with Gasteiger partial charge in [-0.3, -0.25) is 4.90 Å². The van der Waals surface area contributed by atoms with Crippen molar-refractivity contribution in [1.82, 2.24) is 4.90 Å². The lowest BCUT2D eigenvalue weighted by molar-refractivity contribution is -0.185. The zero-order chi connectivity index (χ0) is 14.3. The molecule has 2 saturated heterocycles. The minimum atomic E-state index is -0.842. The van der Waals surface area contributed by atoms with Crippen LogP contribution in [0.1, 0.15) is 40.5 Å². The van der Waals surface area contributed by atoms with E-state index < -0.39 is 12.1 Å².